The molecule has 0 spiro atoms. The van der Waals surface area contributed by atoms with Gasteiger partial charge in [0.2, 0.25) is 0 Å². The smallest absolute Gasteiger partial charge is 0.257 e. The summed E-state index contributed by atoms with van der Waals surface area (Å²) in [6, 6.07) is 6.02. The third kappa shape index (κ3) is 5.72. The molecule has 1 aliphatic rings. The van der Waals surface area contributed by atoms with Gasteiger partial charge in [-0.25, -0.2) is 0 Å². The van der Waals surface area contributed by atoms with Crippen LogP contribution in [0, 0.1) is 12.3 Å². The number of aryl methyl sites for hydroxylation is 1. The molecule has 0 atom stereocenters. The summed E-state index contributed by atoms with van der Waals surface area (Å²) >= 11 is 0. The van der Waals surface area contributed by atoms with E-state index in [4.69, 9.17) is 9.47 Å². The average Bonchev–Trinajstić information content (AvgIpc) is 2.59. The summed E-state index contributed by atoms with van der Waals surface area (Å²) in [4.78, 5) is 12.2. The number of benzene rings is 1. The van der Waals surface area contributed by atoms with Crippen molar-refractivity contribution in [3.63, 3.8) is 0 Å². The van der Waals surface area contributed by atoms with Crippen molar-refractivity contribution in [3.8, 4) is 5.75 Å². The van der Waals surface area contributed by atoms with Crippen LogP contribution < -0.4 is 15.4 Å². The zero-order valence-corrected chi connectivity index (χ0v) is 16.0. The minimum atomic E-state index is -0.0837. The lowest BCUT2D eigenvalue weighted by Crippen LogP contribution is -2.47. The number of carbonyl (C=O) groups is 1. The van der Waals surface area contributed by atoms with Gasteiger partial charge in [0, 0.05) is 19.1 Å². The molecule has 0 bridgehead atoms. The maximum Gasteiger partial charge on any atom is 0.257 e. The highest BCUT2D eigenvalue weighted by atomic mass is 16.5. The first-order valence-electron chi connectivity index (χ1n) is 9.15. The molecule has 0 radical (unpaired) electrons. The van der Waals surface area contributed by atoms with E-state index >= 15 is 0 Å². The highest BCUT2D eigenvalue weighted by Crippen LogP contribution is 2.28. The van der Waals surface area contributed by atoms with Gasteiger partial charge in [-0.05, 0) is 62.0 Å². The lowest BCUT2D eigenvalue weighted by molar-refractivity contribution is -0.124. The van der Waals surface area contributed by atoms with Gasteiger partial charge in [-0.15, -0.1) is 0 Å². The second-order valence-corrected chi connectivity index (χ2v) is 7.42. The van der Waals surface area contributed by atoms with Crippen LogP contribution in [0.15, 0.2) is 18.2 Å². The van der Waals surface area contributed by atoms with E-state index in [1.165, 1.54) is 11.1 Å². The largest absolute Gasteiger partial charge is 0.484 e. The molecule has 1 aromatic carbocycles. The zero-order valence-electron chi connectivity index (χ0n) is 16.0. The molecule has 0 aliphatic carbocycles. The second-order valence-electron chi connectivity index (χ2n) is 7.42. The number of nitrogens with one attached hydrogen (secondary N) is 2. The summed E-state index contributed by atoms with van der Waals surface area (Å²) in [5, 5.41) is 6.38. The van der Waals surface area contributed by atoms with Gasteiger partial charge in [0.05, 0.1) is 6.61 Å². The molecule has 5 heteroatoms. The predicted molar refractivity (Wildman–Crippen MR) is 100 cm³/mol. The first kappa shape index (κ1) is 19.7. The maximum atomic E-state index is 12.2. The lowest BCUT2D eigenvalue weighted by Gasteiger charge is -2.37. The number of carbonyl (C=O) groups excluding carboxylic acids is 1. The van der Waals surface area contributed by atoms with E-state index in [1.807, 2.05) is 12.1 Å². The summed E-state index contributed by atoms with van der Waals surface area (Å²) in [5.74, 6) is 1.14. The molecule has 25 heavy (non-hydrogen) atoms. The molecule has 1 heterocycles. The van der Waals surface area contributed by atoms with Crippen molar-refractivity contribution in [1.82, 2.24) is 10.6 Å². The van der Waals surface area contributed by atoms with Gasteiger partial charge >= 0.3 is 0 Å². The van der Waals surface area contributed by atoms with E-state index in [-0.39, 0.29) is 17.9 Å². The number of piperidine rings is 1. The molecule has 2 N–H and O–H groups in total. The fourth-order valence-corrected chi connectivity index (χ4v) is 3.51. The summed E-state index contributed by atoms with van der Waals surface area (Å²) in [7, 11) is 1.72. The van der Waals surface area contributed by atoms with Gasteiger partial charge in [0.1, 0.15) is 5.75 Å². The van der Waals surface area contributed by atoms with Crippen molar-refractivity contribution in [3.05, 3.63) is 29.3 Å². The van der Waals surface area contributed by atoms with Crippen LogP contribution in [0.3, 0.4) is 0 Å². The maximum absolute atomic E-state index is 12.2. The quantitative estimate of drug-likeness (QED) is 0.758. The Balaban J connectivity index is 1.83. The Kier molecular flexibility index (Phi) is 7.26. The van der Waals surface area contributed by atoms with Gasteiger partial charge in [-0.2, -0.15) is 0 Å². The molecule has 140 valence electrons. The van der Waals surface area contributed by atoms with Crippen molar-refractivity contribution in [2.45, 2.75) is 39.5 Å². The molecule has 5 nitrogen and oxygen atoms in total. The molecule has 0 unspecified atom stereocenters. The molecule has 1 fully saturated rings. The molecular weight excluding hydrogens is 316 g/mol. The van der Waals surface area contributed by atoms with E-state index < -0.39 is 0 Å². The Labute approximate surface area is 151 Å². The number of methoxy groups -OCH3 is 1. The molecule has 0 saturated carbocycles. The number of ether oxygens (including phenoxy) is 2. The topological polar surface area (TPSA) is 59.6 Å². The van der Waals surface area contributed by atoms with Crippen LogP contribution >= 0.6 is 0 Å². The number of amides is 1. The molecule has 0 aromatic heterocycles. The molecular formula is C20H32N2O3. The highest BCUT2D eigenvalue weighted by molar-refractivity contribution is 5.77. The van der Waals surface area contributed by atoms with Crippen molar-refractivity contribution < 1.29 is 14.3 Å². The van der Waals surface area contributed by atoms with Gasteiger partial charge in [0.25, 0.3) is 5.91 Å². The minimum absolute atomic E-state index is 0.0329. The third-order valence-electron chi connectivity index (χ3n) is 5.01. The molecule has 1 saturated heterocycles. The Morgan fingerprint density at radius 1 is 1.32 bits per heavy atom. The van der Waals surface area contributed by atoms with Crippen LogP contribution in [-0.4, -0.2) is 45.9 Å². The summed E-state index contributed by atoms with van der Waals surface area (Å²) in [6.45, 7) is 9.71. The van der Waals surface area contributed by atoms with Crippen LogP contribution in [0.25, 0.3) is 0 Å². The van der Waals surface area contributed by atoms with Crippen molar-refractivity contribution in [2.75, 3.05) is 40.0 Å². The van der Waals surface area contributed by atoms with Gasteiger partial charge in [-0.3, -0.25) is 4.79 Å². The van der Waals surface area contributed by atoms with E-state index in [2.05, 4.69) is 37.5 Å². The number of hydrogen-bond donors (Lipinski definition) is 2. The van der Waals surface area contributed by atoms with E-state index in [0.29, 0.717) is 19.1 Å². The van der Waals surface area contributed by atoms with Crippen LogP contribution in [-0.2, 0) is 9.53 Å². The Morgan fingerprint density at radius 2 is 2.04 bits per heavy atom. The molecule has 1 amide bonds. The monoisotopic (exact) mass is 348 g/mol. The fourth-order valence-electron chi connectivity index (χ4n) is 3.51. The van der Waals surface area contributed by atoms with Crippen LogP contribution in [0.5, 0.6) is 5.75 Å². The van der Waals surface area contributed by atoms with Crippen molar-refractivity contribution in [1.29, 1.82) is 0 Å². The summed E-state index contributed by atoms with van der Waals surface area (Å²) in [5.41, 5.74) is 2.54. The van der Waals surface area contributed by atoms with Crippen molar-refractivity contribution >= 4 is 5.91 Å². The van der Waals surface area contributed by atoms with Gasteiger partial charge < -0.3 is 20.1 Å². The Morgan fingerprint density at radius 3 is 2.64 bits per heavy atom. The number of hydrogen-bond acceptors (Lipinski definition) is 4. The van der Waals surface area contributed by atoms with Crippen LogP contribution in [0.2, 0.25) is 0 Å². The molecule has 2 rings (SSSR count). The first-order chi connectivity index (χ1) is 12.0. The highest BCUT2D eigenvalue weighted by Gasteiger charge is 2.32. The number of rotatable bonds is 8. The second kappa shape index (κ2) is 9.20. The standard InChI is InChI=1S/C20H32N2O3/c1-15(2)18-6-5-17(11-16(18)3)25-12-19(23)22-13-20(14-24-4)7-9-21-10-8-20/h5-6,11,15,21H,7-10,12-14H2,1-4H3,(H,22,23). The Bertz CT molecular complexity index is 561. The summed E-state index contributed by atoms with van der Waals surface area (Å²) < 4.78 is 11.0. The van der Waals surface area contributed by atoms with Crippen LogP contribution in [0.1, 0.15) is 43.7 Å². The van der Waals surface area contributed by atoms with Gasteiger partial charge in [-0.1, -0.05) is 19.9 Å². The molecule has 1 aromatic rings. The van der Waals surface area contributed by atoms with Gasteiger partial charge in [0.15, 0.2) is 6.61 Å². The average molecular weight is 348 g/mol. The normalized spacial score (nSPS) is 16.7. The third-order valence-corrected chi connectivity index (χ3v) is 5.01. The zero-order chi connectivity index (χ0) is 18.3. The Hall–Kier alpha value is -1.59. The SMILES string of the molecule is COCC1(CNC(=O)COc2ccc(C(C)C)c(C)c2)CCNCC1. The minimum Gasteiger partial charge on any atom is -0.484 e. The van der Waals surface area contributed by atoms with E-state index in [1.54, 1.807) is 7.11 Å². The lowest BCUT2D eigenvalue weighted by atomic mass is 9.79. The fraction of sp³-hybridized carbons (Fsp3) is 0.650. The van der Waals surface area contributed by atoms with E-state index in [0.717, 1.165) is 31.7 Å². The van der Waals surface area contributed by atoms with Crippen molar-refractivity contribution in [2.24, 2.45) is 5.41 Å². The first-order valence-corrected chi connectivity index (χ1v) is 9.15. The van der Waals surface area contributed by atoms with E-state index in [9.17, 15) is 4.79 Å². The van der Waals surface area contributed by atoms with Crippen LogP contribution in [0.4, 0.5) is 0 Å². The predicted octanol–water partition coefficient (Wildman–Crippen LogP) is 2.63. The molecule has 1 aliphatic heterocycles. The summed E-state index contributed by atoms with van der Waals surface area (Å²) in [6.07, 6.45) is 2.02.